The number of nitrogens with zero attached hydrogens (tertiary/aromatic N) is 2. The number of hydrogen-bond acceptors (Lipinski definition) is 4. The number of benzene rings is 1. The molecule has 0 unspecified atom stereocenters. The number of guanidine groups is 1. The quantitative estimate of drug-likeness (QED) is 0.202. The molecule has 0 aliphatic rings. The number of hydrogen-bond donors (Lipinski definition) is 2. The molecule has 1 aromatic carbocycles. The predicted octanol–water partition coefficient (Wildman–Crippen LogP) is 3.82. The van der Waals surface area contributed by atoms with Crippen LogP contribution in [0.25, 0.3) is 0 Å². The lowest BCUT2D eigenvalue weighted by Gasteiger charge is -2.13. The smallest absolute Gasteiger partial charge is 0.218 e. The molecule has 5 nitrogen and oxygen atoms in total. The third kappa shape index (κ3) is 7.70. The standard InChI is InChI=1S/C17H21ClN4OS.HI/c1-19-17(22-12-13-4-3-9-20-16(13)23-2)21-10-11-24-15-7-5-14(18)6-8-15;/h3-9H,10-12H2,1-2H3,(H2,19,21,22);1H. The van der Waals surface area contributed by atoms with Crippen molar-refractivity contribution in [2.45, 2.75) is 11.4 Å². The second-order valence-electron chi connectivity index (χ2n) is 4.83. The number of halogens is 2. The van der Waals surface area contributed by atoms with Crippen molar-refractivity contribution < 1.29 is 4.74 Å². The van der Waals surface area contributed by atoms with E-state index in [0.717, 1.165) is 28.8 Å². The summed E-state index contributed by atoms with van der Waals surface area (Å²) in [6.07, 6.45) is 1.71. The summed E-state index contributed by atoms with van der Waals surface area (Å²) in [7, 11) is 3.37. The molecule has 0 saturated carbocycles. The molecule has 136 valence electrons. The maximum absolute atomic E-state index is 5.88. The molecule has 0 bridgehead atoms. The van der Waals surface area contributed by atoms with Gasteiger partial charge < -0.3 is 15.4 Å². The third-order valence-electron chi connectivity index (χ3n) is 3.19. The van der Waals surface area contributed by atoms with E-state index in [1.165, 1.54) is 4.90 Å². The Kier molecular flexibility index (Phi) is 10.7. The van der Waals surface area contributed by atoms with Crippen LogP contribution < -0.4 is 15.4 Å². The maximum Gasteiger partial charge on any atom is 0.218 e. The van der Waals surface area contributed by atoms with Gasteiger partial charge in [-0.3, -0.25) is 4.99 Å². The lowest BCUT2D eigenvalue weighted by atomic mass is 10.3. The second kappa shape index (κ2) is 12.2. The number of pyridine rings is 1. The summed E-state index contributed by atoms with van der Waals surface area (Å²) in [6.45, 7) is 1.40. The van der Waals surface area contributed by atoms with Crippen LogP contribution in [0.4, 0.5) is 0 Å². The van der Waals surface area contributed by atoms with E-state index >= 15 is 0 Å². The first-order chi connectivity index (χ1) is 11.7. The lowest BCUT2D eigenvalue weighted by molar-refractivity contribution is 0.392. The fraction of sp³-hybridized carbons (Fsp3) is 0.294. The summed E-state index contributed by atoms with van der Waals surface area (Å²) in [6, 6.07) is 11.7. The minimum atomic E-state index is 0. The van der Waals surface area contributed by atoms with Gasteiger partial charge in [-0.2, -0.15) is 0 Å². The van der Waals surface area contributed by atoms with E-state index in [-0.39, 0.29) is 24.0 Å². The van der Waals surface area contributed by atoms with E-state index in [1.807, 2.05) is 36.4 Å². The molecule has 0 atom stereocenters. The maximum atomic E-state index is 5.88. The van der Waals surface area contributed by atoms with Crippen LogP contribution in [0, 0.1) is 0 Å². The molecule has 0 spiro atoms. The van der Waals surface area contributed by atoms with Crippen LogP contribution in [-0.2, 0) is 6.54 Å². The average Bonchev–Trinajstić information content (AvgIpc) is 2.63. The summed E-state index contributed by atoms with van der Waals surface area (Å²) >= 11 is 7.65. The van der Waals surface area contributed by atoms with Crippen LogP contribution in [0.5, 0.6) is 5.88 Å². The third-order valence-corrected chi connectivity index (χ3v) is 4.46. The largest absolute Gasteiger partial charge is 0.481 e. The first kappa shape index (κ1) is 21.9. The molecule has 1 heterocycles. The van der Waals surface area contributed by atoms with Crippen LogP contribution in [0.15, 0.2) is 52.5 Å². The van der Waals surface area contributed by atoms with Crippen LogP contribution in [0.2, 0.25) is 5.02 Å². The molecule has 0 amide bonds. The van der Waals surface area contributed by atoms with Crippen molar-refractivity contribution in [3.8, 4) is 5.88 Å². The highest BCUT2D eigenvalue weighted by Gasteiger charge is 2.04. The van der Waals surface area contributed by atoms with Crippen LogP contribution >= 0.6 is 47.3 Å². The molecule has 8 heteroatoms. The fourth-order valence-electron chi connectivity index (χ4n) is 2.01. The predicted molar refractivity (Wildman–Crippen MR) is 117 cm³/mol. The highest BCUT2D eigenvalue weighted by molar-refractivity contribution is 14.0. The summed E-state index contributed by atoms with van der Waals surface area (Å²) < 4.78 is 5.24. The van der Waals surface area contributed by atoms with Crippen molar-refractivity contribution in [2.24, 2.45) is 4.99 Å². The van der Waals surface area contributed by atoms with Gasteiger partial charge in [0.1, 0.15) is 0 Å². The van der Waals surface area contributed by atoms with Gasteiger partial charge in [-0.1, -0.05) is 17.7 Å². The van der Waals surface area contributed by atoms with Gasteiger partial charge in [-0.05, 0) is 30.3 Å². The van der Waals surface area contributed by atoms with Crippen molar-refractivity contribution in [2.75, 3.05) is 26.5 Å². The Bertz CT molecular complexity index is 670. The highest BCUT2D eigenvalue weighted by atomic mass is 127. The average molecular weight is 493 g/mol. The van der Waals surface area contributed by atoms with Crippen molar-refractivity contribution in [1.29, 1.82) is 0 Å². The van der Waals surface area contributed by atoms with Gasteiger partial charge in [0.05, 0.1) is 7.11 Å². The lowest BCUT2D eigenvalue weighted by Crippen LogP contribution is -2.38. The van der Waals surface area contributed by atoms with Gasteiger partial charge in [-0.25, -0.2) is 4.98 Å². The molecule has 0 aliphatic carbocycles. The van der Waals surface area contributed by atoms with E-state index in [4.69, 9.17) is 16.3 Å². The Hall–Kier alpha value is -1.19. The van der Waals surface area contributed by atoms with Crippen molar-refractivity contribution in [1.82, 2.24) is 15.6 Å². The number of nitrogens with one attached hydrogen (secondary N) is 2. The van der Waals surface area contributed by atoms with Crippen LogP contribution in [-0.4, -0.2) is 37.4 Å². The summed E-state index contributed by atoms with van der Waals surface area (Å²) in [5.74, 6) is 2.30. The molecule has 0 aliphatic heterocycles. The summed E-state index contributed by atoms with van der Waals surface area (Å²) in [4.78, 5) is 9.60. The van der Waals surface area contributed by atoms with Crippen LogP contribution in [0.1, 0.15) is 5.56 Å². The number of aromatic nitrogens is 1. The van der Waals surface area contributed by atoms with Gasteiger partial charge >= 0.3 is 0 Å². The van der Waals surface area contributed by atoms with E-state index in [0.29, 0.717) is 12.4 Å². The van der Waals surface area contributed by atoms with Crippen molar-refractivity contribution in [3.63, 3.8) is 0 Å². The summed E-state index contributed by atoms with van der Waals surface area (Å²) in [5.41, 5.74) is 0.985. The molecule has 2 N–H and O–H groups in total. The number of ether oxygens (including phenoxy) is 1. The Morgan fingerprint density at radius 2 is 2.00 bits per heavy atom. The minimum absolute atomic E-state index is 0. The highest BCUT2D eigenvalue weighted by Crippen LogP contribution is 2.19. The van der Waals surface area contributed by atoms with E-state index < -0.39 is 0 Å². The number of aliphatic imine (C=N–C) groups is 1. The Morgan fingerprint density at radius 3 is 2.68 bits per heavy atom. The number of thioether (sulfide) groups is 1. The zero-order valence-corrected chi connectivity index (χ0v) is 18.1. The monoisotopic (exact) mass is 492 g/mol. The zero-order valence-electron chi connectivity index (χ0n) is 14.2. The molecule has 25 heavy (non-hydrogen) atoms. The minimum Gasteiger partial charge on any atom is -0.481 e. The van der Waals surface area contributed by atoms with E-state index in [1.54, 1.807) is 32.1 Å². The topological polar surface area (TPSA) is 58.5 Å². The number of rotatable bonds is 7. The normalized spacial score (nSPS) is 10.8. The molecular formula is C17H22ClIN4OS. The first-order valence-electron chi connectivity index (χ1n) is 7.53. The second-order valence-corrected chi connectivity index (χ2v) is 6.43. The Balaban J connectivity index is 0.00000312. The van der Waals surface area contributed by atoms with Gasteiger partial charge in [0, 0.05) is 47.6 Å². The van der Waals surface area contributed by atoms with Gasteiger partial charge in [0.25, 0.3) is 0 Å². The zero-order chi connectivity index (χ0) is 17.2. The van der Waals surface area contributed by atoms with Gasteiger partial charge in [0.15, 0.2) is 5.96 Å². The Morgan fingerprint density at radius 1 is 1.24 bits per heavy atom. The van der Waals surface area contributed by atoms with Crippen LogP contribution in [0.3, 0.4) is 0 Å². The molecule has 2 aromatic rings. The molecule has 0 fully saturated rings. The summed E-state index contributed by atoms with van der Waals surface area (Å²) in [5, 5.41) is 7.31. The van der Waals surface area contributed by atoms with Crippen molar-refractivity contribution >= 4 is 53.3 Å². The van der Waals surface area contributed by atoms with E-state index in [2.05, 4.69) is 20.6 Å². The van der Waals surface area contributed by atoms with Crippen molar-refractivity contribution in [3.05, 3.63) is 53.2 Å². The molecule has 0 radical (unpaired) electrons. The number of methoxy groups -OCH3 is 1. The van der Waals surface area contributed by atoms with E-state index in [9.17, 15) is 0 Å². The Labute approximate surface area is 175 Å². The van der Waals surface area contributed by atoms with Gasteiger partial charge in [0.2, 0.25) is 5.88 Å². The molecular weight excluding hydrogens is 471 g/mol. The molecule has 0 saturated heterocycles. The fourth-order valence-corrected chi connectivity index (χ4v) is 2.91. The molecule has 2 rings (SSSR count). The van der Waals surface area contributed by atoms with Gasteiger partial charge in [-0.15, -0.1) is 35.7 Å². The SMILES string of the molecule is CN=C(NCCSc1ccc(Cl)cc1)NCc1cccnc1OC.I. The molecule has 1 aromatic heterocycles. The first-order valence-corrected chi connectivity index (χ1v) is 8.90.